The molecule has 2 nitrogen and oxygen atoms in total. The van der Waals surface area contributed by atoms with Gasteiger partial charge in [-0.2, -0.15) is 0 Å². The summed E-state index contributed by atoms with van der Waals surface area (Å²) in [5.41, 5.74) is 10.6. The predicted molar refractivity (Wildman–Crippen MR) is 103 cm³/mol. The molecular formula is C21H22ClNO. The molecule has 1 atom stereocenters. The Balaban J connectivity index is 0.00000208. The van der Waals surface area contributed by atoms with Crippen molar-refractivity contribution in [3.05, 3.63) is 90.0 Å². The topological polar surface area (TPSA) is 35.2 Å². The molecule has 0 aliphatic rings. The molecule has 24 heavy (non-hydrogen) atoms. The van der Waals surface area contributed by atoms with E-state index in [0.29, 0.717) is 6.61 Å². The van der Waals surface area contributed by atoms with Crippen LogP contribution in [0.4, 0.5) is 0 Å². The molecule has 0 spiro atoms. The van der Waals surface area contributed by atoms with Crippen molar-refractivity contribution in [2.24, 2.45) is 5.73 Å². The Kier molecular flexibility index (Phi) is 6.42. The molecule has 0 radical (unpaired) electrons. The third kappa shape index (κ3) is 4.60. The zero-order valence-electron chi connectivity index (χ0n) is 13.7. The number of hydrogen-bond donors (Lipinski definition) is 1. The average molecular weight is 340 g/mol. The first kappa shape index (κ1) is 18.1. The summed E-state index contributed by atoms with van der Waals surface area (Å²) in [5.74, 6) is 0.873. The first-order chi connectivity index (χ1) is 11.2. The highest BCUT2D eigenvalue weighted by atomic mass is 35.5. The Morgan fingerprint density at radius 2 is 1.50 bits per heavy atom. The van der Waals surface area contributed by atoms with Crippen LogP contribution >= 0.6 is 12.4 Å². The Morgan fingerprint density at radius 3 is 2.21 bits per heavy atom. The molecule has 0 aromatic heterocycles. The fraction of sp³-hybridized carbons (Fsp3) is 0.143. The van der Waals surface area contributed by atoms with Crippen LogP contribution in [0, 0.1) is 0 Å². The standard InChI is InChI=1S/C21H21NO.ClH/c1-16(22)18-9-5-10-19(13-18)20-11-6-12-21(14-20)23-15-17-7-3-2-4-8-17;/h2-14,16H,15,22H2,1H3;1H. The first-order valence-corrected chi connectivity index (χ1v) is 7.85. The lowest BCUT2D eigenvalue weighted by atomic mass is 10.0. The van der Waals surface area contributed by atoms with Crippen LogP contribution in [0.25, 0.3) is 11.1 Å². The largest absolute Gasteiger partial charge is 0.489 e. The molecule has 0 bridgehead atoms. The minimum absolute atomic E-state index is 0. The molecule has 0 saturated carbocycles. The molecule has 3 aromatic carbocycles. The van der Waals surface area contributed by atoms with Crippen molar-refractivity contribution in [2.75, 3.05) is 0 Å². The van der Waals surface area contributed by atoms with E-state index in [2.05, 4.69) is 42.5 Å². The molecular weight excluding hydrogens is 318 g/mol. The summed E-state index contributed by atoms with van der Waals surface area (Å²) < 4.78 is 5.91. The fourth-order valence-electron chi connectivity index (χ4n) is 2.51. The molecule has 0 aliphatic carbocycles. The van der Waals surface area contributed by atoms with Crippen molar-refractivity contribution < 1.29 is 4.74 Å². The molecule has 3 aromatic rings. The minimum Gasteiger partial charge on any atom is -0.489 e. The monoisotopic (exact) mass is 339 g/mol. The summed E-state index contributed by atoms with van der Waals surface area (Å²) in [6.07, 6.45) is 0. The van der Waals surface area contributed by atoms with Gasteiger partial charge in [0, 0.05) is 6.04 Å². The lowest BCUT2D eigenvalue weighted by Crippen LogP contribution is -2.04. The summed E-state index contributed by atoms with van der Waals surface area (Å²) in [6.45, 7) is 2.57. The van der Waals surface area contributed by atoms with Crippen molar-refractivity contribution in [3.63, 3.8) is 0 Å². The van der Waals surface area contributed by atoms with Gasteiger partial charge in [-0.15, -0.1) is 12.4 Å². The summed E-state index contributed by atoms with van der Waals surface area (Å²) in [5, 5.41) is 0. The van der Waals surface area contributed by atoms with Crippen LogP contribution in [0.2, 0.25) is 0 Å². The van der Waals surface area contributed by atoms with Gasteiger partial charge in [0.2, 0.25) is 0 Å². The van der Waals surface area contributed by atoms with Crippen LogP contribution in [-0.4, -0.2) is 0 Å². The molecule has 0 amide bonds. The second-order valence-corrected chi connectivity index (χ2v) is 5.72. The second-order valence-electron chi connectivity index (χ2n) is 5.72. The summed E-state index contributed by atoms with van der Waals surface area (Å²) in [4.78, 5) is 0. The van der Waals surface area contributed by atoms with Gasteiger partial charge in [0.15, 0.2) is 0 Å². The van der Waals surface area contributed by atoms with Gasteiger partial charge in [-0.3, -0.25) is 0 Å². The second kappa shape index (κ2) is 8.53. The lowest BCUT2D eigenvalue weighted by molar-refractivity contribution is 0.306. The SMILES string of the molecule is CC(N)c1cccc(-c2cccc(OCc3ccccc3)c2)c1.Cl. The molecule has 0 heterocycles. The highest BCUT2D eigenvalue weighted by molar-refractivity contribution is 5.85. The maximum atomic E-state index is 5.98. The number of benzene rings is 3. The molecule has 0 saturated heterocycles. The van der Waals surface area contributed by atoms with Crippen molar-refractivity contribution in [1.82, 2.24) is 0 Å². The van der Waals surface area contributed by atoms with Crippen molar-refractivity contribution >= 4 is 12.4 Å². The maximum Gasteiger partial charge on any atom is 0.120 e. The van der Waals surface area contributed by atoms with Crippen LogP contribution in [-0.2, 0) is 6.61 Å². The van der Waals surface area contributed by atoms with E-state index >= 15 is 0 Å². The number of hydrogen-bond acceptors (Lipinski definition) is 2. The summed E-state index contributed by atoms with van der Waals surface area (Å²) >= 11 is 0. The van der Waals surface area contributed by atoms with E-state index in [0.717, 1.165) is 28.0 Å². The van der Waals surface area contributed by atoms with Gasteiger partial charge in [-0.1, -0.05) is 60.7 Å². The van der Waals surface area contributed by atoms with E-state index in [1.54, 1.807) is 0 Å². The lowest BCUT2D eigenvalue weighted by Gasteiger charge is -2.11. The Bertz CT molecular complexity index is 772. The molecule has 3 rings (SSSR count). The highest BCUT2D eigenvalue weighted by Crippen LogP contribution is 2.26. The van der Waals surface area contributed by atoms with Crippen LogP contribution in [0.15, 0.2) is 78.9 Å². The van der Waals surface area contributed by atoms with Gasteiger partial charge in [0.25, 0.3) is 0 Å². The van der Waals surface area contributed by atoms with E-state index in [9.17, 15) is 0 Å². The van der Waals surface area contributed by atoms with Gasteiger partial charge in [0.1, 0.15) is 12.4 Å². The van der Waals surface area contributed by atoms with Gasteiger partial charge >= 0.3 is 0 Å². The zero-order chi connectivity index (χ0) is 16.1. The van der Waals surface area contributed by atoms with Gasteiger partial charge in [-0.05, 0) is 47.4 Å². The minimum atomic E-state index is 0. The molecule has 0 fully saturated rings. The van der Waals surface area contributed by atoms with Crippen LogP contribution in [0.3, 0.4) is 0 Å². The van der Waals surface area contributed by atoms with Gasteiger partial charge in [0.05, 0.1) is 0 Å². The molecule has 1 unspecified atom stereocenters. The molecule has 124 valence electrons. The van der Waals surface area contributed by atoms with E-state index in [1.807, 2.05) is 43.3 Å². The van der Waals surface area contributed by atoms with Crippen molar-refractivity contribution in [1.29, 1.82) is 0 Å². The first-order valence-electron chi connectivity index (χ1n) is 7.85. The molecule has 2 N–H and O–H groups in total. The number of halogens is 1. The number of rotatable bonds is 5. The van der Waals surface area contributed by atoms with E-state index in [1.165, 1.54) is 0 Å². The quantitative estimate of drug-likeness (QED) is 0.677. The number of nitrogens with two attached hydrogens (primary N) is 1. The molecule has 3 heteroatoms. The number of ether oxygens (including phenoxy) is 1. The Labute approximate surface area is 149 Å². The average Bonchev–Trinajstić information content (AvgIpc) is 2.61. The Morgan fingerprint density at radius 1 is 0.833 bits per heavy atom. The van der Waals surface area contributed by atoms with E-state index < -0.39 is 0 Å². The zero-order valence-corrected chi connectivity index (χ0v) is 14.5. The molecule has 0 aliphatic heterocycles. The van der Waals surface area contributed by atoms with Crippen LogP contribution in [0.1, 0.15) is 24.1 Å². The fourth-order valence-corrected chi connectivity index (χ4v) is 2.51. The van der Waals surface area contributed by atoms with E-state index in [-0.39, 0.29) is 18.4 Å². The normalized spacial score (nSPS) is 11.4. The third-order valence-electron chi connectivity index (χ3n) is 3.83. The summed E-state index contributed by atoms with van der Waals surface area (Å²) in [7, 11) is 0. The van der Waals surface area contributed by atoms with Gasteiger partial charge in [-0.25, -0.2) is 0 Å². The summed E-state index contributed by atoms with van der Waals surface area (Å²) in [6, 6.07) is 26.7. The van der Waals surface area contributed by atoms with Crippen LogP contribution in [0.5, 0.6) is 5.75 Å². The van der Waals surface area contributed by atoms with Crippen LogP contribution < -0.4 is 10.5 Å². The van der Waals surface area contributed by atoms with Crippen molar-refractivity contribution in [2.45, 2.75) is 19.6 Å². The third-order valence-corrected chi connectivity index (χ3v) is 3.83. The predicted octanol–water partition coefficient (Wildman–Crippen LogP) is 5.37. The Hall–Kier alpha value is -2.29. The highest BCUT2D eigenvalue weighted by Gasteiger charge is 2.04. The van der Waals surface area contributed by atoms with E-state index in [4.69, 9.17) is 10.5 Å². The van der Waals surface area contributed by atoms with Gasteiger partial charge < -0.3 is 10.5 Å². The smallest absolute Gasteiger partial charge is 0.120 e. The maximum absolute atomic E-state index is 5.98. The van der Waals surface area contributed by atoms with Crippen molar-refractivity contribution in [3.8, 4) is 16.9 Å².